The second kappa shape index (κ2) is 6.77. The molecule has 150 valence electrons. The van der Waals surface area contributed by atoms with Gasteiger partial charge < -0.3 is 19.7 Å². The Labute approximate surface area is 170 Å². The van der Waals surface area contributed by atoms with E-state index >= 15 is 0 Å². The van der Waals surface area contributed by atoms with Crippen molar-refractivity contribution in [2.45, 2.75) is 12.5 Å². The molecule has 30 heavy (non-hydrogen) atoms. The van der Waals surface area contributed by atoms with Crippen LogP contribution in [0, 0.1) is 0 Å². The molecule has 1 unspecified atom stereocenters. The number of carbonyl (C=O) groups is 2. The standard InChI is InChI=1S/C22H16N2O6/c25-19-13-7-4-8-23-18(13)20(26)17-16(19)21(27)24(22(17)28)14(15-10-29-11-30-15)9-12-5-2-1-3-6-12/h1-8,10,14,25-26H,9,11H2. The second-order valence-electron chi connectivity index (χ2n) is 6.98. The van der Waals surface area contributed by atoms with E-state index in [1.807, 2.05) is 30.3 Å². The molecule has 0 fully saturated rings. The fourth-order valence-electron chi connectivity index (χ4n) is 3.89. The molecule has 2 amide bonds. The van der Waals surface area contributed by atoms with Gasteiger partial charge in [0.1, 0.15) is 29.1 Å². The smallest absolute Gasteiger partial charge is 0.266 e. The number of ether oxygens (including phenoxy) is 2. The Bertz CT molecular complexity index is 1160. The normalized spacial score (nSPS) is 16.3. The Balaban J connectivity index is 1.65. The van der Waals surface area contributed by atoms with E-state index in [1.165, 1.54) is 18.5 Å². The van der Waals surface area contributed by atoms with Crippen LogP contribution in [0.25, 0.3) is 10.9 Å². The third kappa shape index (κ3) is 2.57. The van der Waals surface area contributed by atoms with Gasteiger partial charge >= 0.3 is 0 Å². The van der Waals surface area contributed by atoms with E-state index < -0.39 is 23.6 Å². The molecule has 2 aliphatic rings. The van der Waals surface area contributed by atoms with Crippen LogP contribution in [0.15, 0.2) is 60.7 Å². The lowest BCUT2D eigenvalue weighted by Crippen LogP contribution is -2.42. The summed E-state index contributed by atoms with van der Waals surface area (Å²) < 4.78 is 10.6. The van der Waals surface area contributed by atoms with Gasteiger partial charge in [-0.25, -0.2) is 0 Å². The summed E-state index contributed by atoms with van der Waals surface area (Å²) >= 11 is 0. The van der Waals surface area contributed by atoms with Crippen LogP contribution in [0.2, 0.25) is 0 Å². The van der Waals surface area contributed by atoms with Gasteiger partial charge in [-0.05, 0) is 17.7 Å². The number of aromatic hydroxyl groups is 2. The number of amides is 2. The van der Waals surface area contributed by atoms with Crippen LogP contribution in [-0.4, -0.2) is 44.7 Å². The van der Waals surface area contributed by atoms with Gasteiger partial charge in [0.15, 0.2) is 11.5 Å². The van der Waals surface area contributed by atoms with E-state index in [0.717, 1.165) is 10.5 Å². The Morgan fingerprint density at radius 1 is 1.00 bits per heavy atom. The van der Waals surface area contributed by atoms with E-state index in [9.17, 15) is 19.8 Å². The molecule has 0 saturated heterocycles. The van der Waals surface area contributed by atoms with Gasteiger partial charge in [-0.3, -0.25) is 19.5 Å². The zero-order chi connectivity index (χ0) is 20.8. The van der Waals surface area contributed by atoms with Crippen LogP contribution >= 0.6 is 0 Å². The highest BCUT2D eigenvalue weighted by Gasteiger charge is 2.47. The summed E-state index contributed by atoms with van der Waals surface area (Å²) in [5.41, 5.74) is 0.420. The Morgan fingerprint density at radius 2 is 1.73 bits per heavy atom. The van der Waals surface area contributed by atoms with Gasteiger partial charge in [0.2, 0.25) is 6.79 Å². The maximum absolute atomic E-state index is 13.3. The summed E-state index contributed by atoms with van der Waals surface area (Å²) in [6, 6.07) is 11.6. The van der Waals surface area contributed by atoms with Crippen molar-refractivity contribution in [2.24, 2.45) is 0 Å². The van der Waals surface area contributed by atoms with E-state index in [4.69, 9.17) is 9.47 Å². The molecule has 1 aromatic heterocycles. The van der Waals surface area contributed by atoms with Crippen molar-refractivity contribution in [3.05, 3.63) is 77.4 Å². The van der Waals surface area contributed by atoms with Gasteiger partial charge in [-0.1, -0.05) is 30.3 Å². The number of phenols is 2. The zero-order valence-electron chi connectivity index (χ0n) is 15.6. The molecular formula is C22H16N2O6. The first-order valence-electron chi connectivity index (χ1n) is 9.27. The molecule has 8 heteroatoms. The number of fused-ring (bicyclic) bond motifs is 2. The summed E-state index contributed by atoms with van der Waals surface area (Å²) in [6.07, 6.45) is 3.08. The Morgan fingerprint density at radius 3 is 2.43 bits per heavy atom. The van der Waals surface area contributed by atoms with Gasteiger partial charge in [0.25, 0.3) is 11.8 Å². The molecule has 3 heterocycles. The minimum absolute atomic E-state index is 0.0197. The molecule has 2 aliphatic heterocycles. The number of aromatic nitrogens is 1. The number of nitrogens with zero attached hydrogens (tertiary/aromatic N) is 2. The van der Waals surface area contributed by atoms with Crippen molar-refractivity contribution in [3.8, 4) is 11.5 Å². The number of phenolic OH excluding ortho intramolecular Hbond substituents is 2. The number of rotatable bonds is 4. The number of imide groups is 1. The fourth-order valence-corrected chi connectivity index (χ4v) is 3.89. The quantitative estimate of drug-likeness (QED) is 0.508. The first-order chi connectivity index (χ1) is 14.6. The molecule has 0 aliphatic carbocycles. The monoisotopic (exact) mass is 404 g/mol. The molecule has 0 spiro atoms. The van der Waals surface area contributed by atoms with E-state index in [0.29, 0.717) is 5.76 Å². The van der Waals surface area contributed by atoms with Gasteiger partial charge in [0.05, 0.1) is 5.56 Å². The van der Waals surface area contributed by atoms with E-state index in [-0.39, 0.29) is 41.0 Å². The van der Waals surface area contributed by atoms with Crippen molar-refractivity contribution < 1.29 is 29.3 Å². The average Bonchev–Trinajstić information content (AvgIpc) is 3.38. The summed E-state index contributed by atoms with van der Waals surface area (Å²) in [5, 5.41) is 21.6. The molecule has 8 nitrogen and oxygen atoms in total. The van der Waals surface area contributed by atoms with Crippen LogP contribution in [0.1, 0.15) is 26.3 Å². The highest BCUT2D eigenvalue weighted by atomic mass is 16.7. The van der Waals surface area contributed by atoms with Crippen LogP contribution in [-0.2, 0) is 15.9 Å². The number of hydrogen-bond donors (Lipinski definition) is 2. The van der Waals surface area contributed by atoms with Crippen molar-refractivity contribution in [1.82, 2.24) is 9.88 Å². The SMILES string of the molecule is O=C1c2c(c(O)c3ncccc3c2O)C(=O)N1C(Cc1ccccc1)C1=COCO1. The maximum Gasteiger partial charge on any atom is 0.266 e. The molecule has 0 radical (unpaired) electrons. The van der Waals surface area contributed by atoms with Gasteiger partial charge in [-0.15, -0.1) is 0 Å². The van der Waals surface area contributed by atoms with Crippen molar-refractivity contribution in [3.63, 3.8) is 0 Å². The molecule has 0 saturated carbocycles. The minimum Gasteiger partial charge on any atom is -0.506 e. The summed E-state index contributed by atoms with van der Waals surface area (Å²) in [4.78, 5) is 31.6. The lowest BCUT2D eigenvalue weighted by Gasteiger charge is -2.26. The molecule has 2 N–H and O–H groups in total. The summed E-state index contributed by atoms with van der Waals surface area (Å²) in [5.74, 6) is -1.95. The lowest BCUT2D eigenvalue weighted by molar-refractivity contribution is 0.0450. The van der Waals surface area contributed by atoms with Crippen LogP contribution in [0.4, 0.5) is 0 Å². The average molecular weight is 404 g/mol. The van der Waals surface area contributed by atoms with E-state index in [2.05, 4.69) is 4.98 Å². The molecule has 3 aromatic rings. The van der Waals surface area contributed by atoms with Gasteiger partial charge in [0, 0.05) is 18.0 Å². The maximum atomic E-state index is 13.3. The van der Waals surface area contributed by atoms with Crippen LogP contribution in [0.3, 0.4) is 0 Å². The van der Waals surface area contributed by atoms with Crippen molar-refractivity contribution in [1.29, 1.82) is 0 Å². The molecule has 1 atom stereocenters. The topological polar surface area (TPSA) is 109 Å². The summed E-state index contributed by atoms with van der Waals surface area (Å²) in [7, 11) is 0. The first-order valence-corrected chi connectivity index (χ1v) is 9.27. The predicted octanol–water partition coefficient (Wildman–Crippen LogP) is 2.70. The number of hydrogen-bond acceptors (Lipinski definition) is 7. The minimum atomic E-state index is -0.808. The molecule has 2 aromatic carbocycles. The first kappa shape index (κ1) is 18.0. The molecule has 0 bridgehead atoms. The zero-order valence-corrected chi connectivity index (χ0v) is 15.6. The number of pyridine rings is 1. The summed E-state index contributed by atoms with van der Waals surface area (Å²) in [6.45, 7) is -0.0197. The molecular weight excluding hydrogens is 388 g/mol. The Kier molecular flexibility index (Phi) is 4.06. The number of carbonyl (C=O) groups excluding carboxylic acids is 2. The number of benzene rings is 2. The van der Waals surface area contributed by atoms with Crippen molar-refractivity contribution in [2.75, 3.05) is 6.79 Å². The lowest BCUT2D eigenvalue weighted by atomic mass is 10.0. The highest BCUT2D eigenvalue weighted by Crippen LogP contribution is 2.44. The third-order valence-corrected chi connectivity index (χ3v) is 5.28. The highest BCUT2D eigenvalue weighted by molar-refractivity contribution is 6.27. The largest absolute Gasteiger partial charge is 0.506 e. The van der Waals surface area contributed by atoms with Crippen molar-refractivity contribution >= 4 is 22.7 Å². The third-order valence-electron chi connectivity index (χ3n) is 5.28. The van der Waals surface area contributed by atoms with Crippen LogP contribution < -0.4 is 0 Å². The molecule has 5 rings (SSSR count). The van der Waals surface area contributed by atoms with E-state index in [1.54, 1.807) is 6.07 Å². The van der Waals surface area contributed by atoms with Crippen LogP contribution in [0.5, 0.6) is 11.5 Å². The second-order valence-corrected chi connectivity index (χ2v) is 6.98. The fraction of sp³-hybridized carbons (Fsp3) is 0.136. The Hall–Kier alpha value is -4.07. The predicted molar refractivity (Wildman–Crippen MR) is 105 cm³/mol. The van der Waals surface area contributed by atoms with Gasteiger partial charge in [-0.2, -0.15) is 0 Å².